The van der Waals surface area contributed by atoms with Crippen LogP contribution in [0.15, 0.2) is 12.7 Å². The van der Waals surface area contributed by atoms with Gasteiger partial charge < -0.3 is 10.1 Å². The zero-order valence-corrected chi connectivity index (χ0v) is 9.38. The summed E-state index contributed by atoms with van der Waals surface area (Å²) in [5.41, 5.74) is 0. The molecule has 2 atom stereocenters. The molecule has 2 unspecified atom stereocenters. The molecule has 0 bridgehead atoms. The molecule has 0 aliphatic heterocycles. The zero-order chi connectivity index (χ0) is 11.0. The van der Waals surface area contributed by atoms with Crippen molar-refractivity contribution in [3.8, 4) is 0 Å². The third-order valence-corrected chi connectivity index (χ3v) is 2.24. The lowest BCUT2D eigenvalue weighted by Gasteiger charge is -2.21. The highest BCUT2D eigenvalue weighted by Crippen LogP contribution is 2.09. The minimum absolute atomic E-state index is 0.163. The smallest absolute Gasteiger partial charge is 0.323 e. The molecule has 3 heteroatoms. The molecular weight excluding hydrogens is 178 g/mol. The van der Waals surface area contributed by atoms with Crippen LogP contribution in [0.2, 0.25) is 0 Å². The fraction of sp³-hybridized carbons (Fsp3) is 0.727. The Kier molecular flexibility index (Phi) is 7.11. The van der Waals surface area contributed by atoms with Gasteiger partial charge >= 0.3 is 5.97 Å². The second-order valence-electron chi connectivity index (χ2n) is 3.31. The van der Waals surface area contributed by atoms with Gasteiger partial charge in [0.1, 0.15) is 6.04 Å². The van der Waals surface area contributed by atoms with Crippen molar-refractivity contribution in [1.82, 2.24) is 5.32 Å². The quantitative estimate of drug-likeness (QED) is 0.501. The van der Waals surface area contributed by atoms with Crippen LogP contribution in [0.5, 0.6) is 0 Å². The maximum atomic E-state index is 11.5. The Morgan fingerprint density at radius 1 is 1.57 bits per heavy atom. The Hall–Kier alpha value is -0.830. The predicted molar refractivity (Wildman–Crippen MR) is 58.1 cm³/mol. The fourth-order valence-corrected chi connectivity index (χ4v) is 1.19. The van der Waals surface area contributed by atoms with E-state index in [0.717, 1.165) is 6.42 Å². The Morgan fingerprint density at radius 3 is 2.64 bits per heavy atom. The van der Waals surface area contributed by atoms with Crippen LogP contribution >= 0.6 is 0 Å². The van der Waals surface area contributed by atoms with Crippen molar-refractivity contribution in [1.29, 1.82) is 0 Å². The van der Waals surface area contributed by atoms with Crippen LogP contribution in [0.1, 0.15) is 27.2 Å². The van der Waals surface area contributed by atoms with E-state index in [1.54, 1.807) is 6.08 Å². The van der Waals surface area contributed by atoms with Gasteiger partial charge in [-0.1, -0.05) is 26.3 Å². The highest BCUT2D eigenvalue weighted by molar-refractivity contribution is 5.76. The van der Waals surface area contributed by atoms with E-state index < -0.39 is 0 Å². The highest BCUT2D eigenvalue weighted by atomic mass is 16.5. The van der Waals surface area contributed by atoms with Gasteiger partial charge in [0, 0.05) is 6.54 Å². The van der Waals surface area contributed by atoms with Crippen LogP contribution in [-0.4, -0.2) is 25.2 Å². The minimum atomic E-state index is -0.210. The molecule has 0 aromatic carbocycles. The Morgan fingerprint density at radius 2 is 2.21 bits per heavy atom. The van der Waals surface area contributed by atoms with Gasteiger partial charge in [-0.3, -0.25) is 4.79 Å². The molecule has 0 spiro atoms. The monoisotopic (exact) mass is 199 g/mol. The molecule has 0 amide bonds. The predicted octanol–water partition coefficient (Wildman–Crippen LogP) is 1.74. The van der Waals surface area contributed by atoms with E-state index in [1.807, 2.05) is 13.8 Å². The van der Waals surface area contributed by atoms with E-state index >= 15 is 0 Å². The summed E-state index contributed by atoms with van der Waals surface area (Å²) in [6.45, 7) is 10.6. The Bertz CT molecular complexity index is 180. The van der Waals surface area contributed by atoms with E-state index in [9.17, 15) is 4.79 Å². The van der Waals surface area contributed by atoms with Crippen molar-refractivity contribution in [3.63, 3.8) is 0 Å². The lowest BCUT2D eigenvalue weighted by Crippen LogP contribution is -2.42. The molecule has 0 aliphatic carbocycles. The molecule has 0 rings (SSSR count). The van der Waals surface area contributed by atoms with Gasteiger partial charge in [-0.05, 0) is 12.8 Å². The SMILES string of the molecule is C=CCNC(C(=O)OCC)C(C)CC. The minimum Gasteiger partial charge on any atom is -0.465 e. The number of ether oxygens (including phenoxy) is 1. The van der Waals surface area contributed by atoms with Gasteiger partial charge in [0.05, 0.1) is 6.61 Å². The molecule has 0 saturated heterocycles. The highest BCUT2D eigenvalue weighted by Gasteiger charge is 2.23. The van der Waals surface area contributed by atoms with Crippen molar-refractivity contribution in [2.24, 2.45) is 5.92 Å². The van der Waals surface area contributed by atoms with E-state index in [0.29, 0.717) is 13.2 Å². The normalized spacial score (nSPS) is 14.5. The van der Waals surface area contributed by atoms with Crippen LogP contribution < -0.4 is 5.32 Å². The van der Waals surface area contributed by atoms with Crippen molar-refractivity contribution in [2.45, 2.75) is 33.2 Å². The van der Waals surface area contributed by atoms with Gasteiger partial charge in [0.25, 0.3) is 0 Å². The average molecular weight is 199 g/mol. The molecule has 0 heterocycles. The van der Waals surface area contributed by atoms with Crippen LogP contribution in [0.4, 0.5) is 0 Å². The van der Waals surface area contributed by atoms with E-state index in [2.05, 4.69) is 18.8 Å². The number of carbonyl (C=O) groups is 1. The van der Waals surface area contributed by atoms with Gasteiger partial charge in [-0.2, -0.15) is 0 Å². The number of carbonyl (C=O) groups excluding carboxylic acids is 1. The molecule has 0 saturated carbocycles. The van der Waals surface area contributed by atoms with Crippen molar-refractivity contribution in [2.75, 3.05) is 13.2 Å². The summed E-state index contributed by atoms with van der Waals surface area (Å²) in [6, 6.07) is -0.210. The molecule has 0 aromatic heterocycles. The molecule has 0 aliphatic rings. The first-order valence-corrected chi connectivity index (χ1v) is 5.18. The summed E-state index contributed by atoms with van der Waals surface area (Å²) in [5.74, 6) is 0.123. The first kappa shape index (κ1) is 13.2. The summed E-state index contributed by atoms with van der Waals surface area (Å²) < 4.78 is 4.99. The van der Waals surface area contributed by atoms with Gasteiger partial charge in [0.2, 0.25) is 0 Å². The lowest BCUT2D eigenvalue weighted by atomic mass is 9.99. The van der Waals surface area contributed by atoms with Crippen LogP contribution in [0, 0.1) is 5.92 Å². The summed E-state index contributed by atoms with van der Waals surface area (Å²) in [7, 11) is 0. The topological polar surface area (TPSA) is 38.3 Å². The Labute approximate surface area is 86.5 Å². The maximum Gasteiger partial charge on any atom is 0.323 e. The average Bonchev–Trinajstić information content (AvgIpc) is 2.18. The molecular formula is C11H21NO2. The summed E-state index contributed by atoms with van der Waals surface area (Å²) >= 11 is 0. The van der Waals surface area contributed by atoms with Crippen LogP contribution in [-0.2, 0) is 9.53 Å². The number of hydrogen-bond acceptors (Lipinski definition) is 3. The van der Waals surface area contributed by atoms with Gasteiger partial charge in [-0.25, -0.2) is 0 Å². The molecule has 3 nitrogen and oxygen atoms in total. The number of hydrogen-bond donors (Lipinski definition) is 1. The maximum absolute atomic E-state index is 11.5. The third kappa shape index (κ3) is 4.42. The second-order valence-corrected chi connectivity index (χ2v) is 3.31. The molecule has 14 heavy (non-hydrogen) atoms. The zero-order valence-electron chi connectivity index (χ0n) is 9.38. The van der Waals surface area contributed by atoms with Gasteiger partial charge in [0.15, 0.2) is 0 Å². The first-order valence-electron chi connectivity index (χ1n) is 5.18. The Balaban J connectivity index is 4.21. The molecule has 1 N–H and O–H groups in total. The molecule has 0 fully saturated rings. The largest absolute Gasteiger partial charge is 0.465 e. The second kappa shape index (κ2) is 7.56. The number of esters is 1. The lowest BCUT2D eigenvalue weighted by molar-refractivity contribution is -0.147. The molecule has 82 valence electrons. The molecule has 0 aromatic rings. The van der Waals surface area contributed by atoms with E-state index in [-0.39, 0.29) is 17.9 Å². The van der Waals surface area contributed by atoms with Crippen molar-refractivity contribution >= 4 is 5.97 Å². The number of nitrogens with one attached hydrogen (secondary N) is 1. The van der Waals surface area contributed by atoms with Crippen molar-refractivity contribution < 1.29 is 9.53 Å². The summed E-state index contributed by atoms with van der Waals surface area (Å²) in [4.78, 5) is 11.5. The molecule has 0 radical (unpaired) electrons. The third-order valence-electron chi connectivity index (χ3n) is 2.24. The summed E-state index contributed by atoms with van der Waals surface area (Å²) in [5, 5.41) is 3.11. The standard InChI is InChI=1S/C11H21NO2/c1-5-8-12-10(9(4)6-2)11(13)14-7-3/h5,9-10,12H,1,6-8H2,2-4H3. The first-order chi connectivity index (χ1) is 6.67. The van der Waals surface area contributed by atoms with Gasteiger partial charge in [-0.15, -0.1) is 6.58 Å². The van der Waals surface area contributed by atoms with E-state index in [4.69, 9.17) is 4.74 Å². The number of rotatable bonds is 7. The summed E-state index contributed by atoms with van der Waals surface area (Å²) in [6.07, 6.45) is 2.70. The van der Waals surface area contributed by atoms with Crippen LogP contribution in [0.25, 0.3) is 0 Å². The van der Waals surface area contributed by atoms with Crippen LogP contribution in [0.3, 0.4) is 0 Å². The fourth-order valence-electron chi connectivity index (χ4n) is 1.19. The van der Waals surface area contributed by atoms with Crippen molar-refractivity contribution in [3.05, 3.63) is 12.7 Å². The van der Waals surface area contributed by atoms with E-state index in [1.165, 1.54) is 0 Å².